The van der Waals surface area contributed by atoms with Gasteiger partial charge in [-0.05, 0) is 18.4 Å². The van der Waals surface area contributed by atoms with E-state index >= 15 is 0 Å². The molecule has 2 rings (SSSR count). The van der Waals surface area contributed by atoms with Crippen molar-refractivity contribution in [2.24, 2.45) is 11.5 Å². The van der Waals surface area contributed by atoms with Crippen LogP contribution in [0, 0.1) is 0 Å². The number of amides is 2. The molecule has 2 atom stereocenters. The average Bonchev–Trinajstić information content (AvgIpc) is 3.10. The first-order valence-electron chi connectivity index (χ1n) is 8.67. The summed E-state index contributed by atoms with van der Waals surface area (Å²) in [4.78, 5) is 69.2. The largest absolute Gasteiger partial charge is 0.480 e. The van der Waals surface area contributed by atoms with Crippen molar-refractivity contribution in [1.82, 2.24) is 23.8 Å². The van der Waals surface area contributed by atoms with Crippen LogP contribution in [0.3, 0.4) is 0 Å². The van der Waals surface area contributed by atoms with Gasteiger partial charge >= 0.3 is 11.9 Å². The zero-order chi connectivity index (χ0) is 23.3. The number of hydrogen-bond acceptors (Lipinski definition) is 11. The number of carboxylic acids is 2. The predicted octanol–water partition coefficient (Wildman–Crippen LogP) is -2.84. The number of nitrogens with one attached hydrogen (secondary N) is 1. The molecule has 0 aliphatic carbocycles. The topological polar surface area (TPSA) is 254 Å². The summed E-state index contributed by atoms with van der Waals surface area (Å²) in [6.45, 7) is -0.949. The van der Waals surface area contributed by atoms with Gasteiger partial charge in [0.25, 0.3) is 5.56 Å². The van der Waals surface area contributed by atoms with E-state index in [0.29, 0.717) is 4.90 Å². The first kappa shape index (κ1) is 23.8. The number of rotatable bonds is 10. The Balaban J connectivity index is 2.09. The van der Waals surface area contributed by atoms with Crippen molar-refractivity contribution in [3.8, 4) is 0 Å². The Hall–Kier alpha value is -3.50. The second kappa shape index (κ2) is 10.0. The quantitative estimate of drug-likeness (QED) is 0.211. The fraction of sp³-hybridized carbons (Fsp3) is 0.400. The number of nitrogens with zero attached hydrogens (tertiary/aromatic N) is 4. The lowest BCUT2D eigenvalue weighted by atomic mass is 10.1. The summed E-state index contributed by atoms with van der Waals surface area (Å²) < 4.78 is 1.31. The SMILES string of the molecule is Nc1nc2ncn(SC[C@H](N)C(=O)N(CC(=O)O)C(=O)CC[C@H](N)C(=O)O)c2c(=O)[nH]1. The number of aromatic amines is 1. The maximum Gasteiger partial charge on any atom is 0.323 e. The second-order valence-electron chi connectivity index (χ2n) is 6.29. The Kier molecular flexibility index (Phi) is 7.67. The molecule has 2 aromatic heterocycles. The van der Waals surface area contributed by atoms with Crippen LogP contribution in [-0.2, 0) is 19.2 Å². The van der Waals surface area contributed by atoms with E-state index in [4.69, 9.17) is 27.4 Å². The number of carbonyl (C=O) groups is 4. The van der Waals surface area contributed by atoms with Crippen LogP contribution in [0.4, 0.5) is 5.95 Å². The van der Waals surface area contributed by atoms with E-state index in [-0.39, 0.29) is 29.3 Å². The molecule has 31 heavy (non-hydrogen) atoms. The fourth-order valence-electron chi connectivity index (χ4n) is 2.42. The number of H-pyrrole nitrogens is 1. The number of nitrogen functional groups attached to an aromatic ring is 1. The number of imide groups is 1. The van der Waals surface area contributed by atoms with Gasteiger partial charge in [0.05, 0.1) is 6.04 Å². The molecule has 0 radical (unpaired) electrons. The van der Waals surface area contributed by atoms with Crippen molar-refractivity contribution >= 4 is 52.8 Å². The van der Waals surface area contributed by atoms with E-state index in [1.54, 1.807) is 0 Å². The summed E-state index contributed by atoms with van der Waals surface area (Å²) in [7, 11) is 0. The summed E-state index contributed by atoms with van der Waals surface area (Å²) in [5, 5.41) is 17.8. The van der Waals surface area contributed by atoms with E-state index in [0.717, 1.165) is 11.9 Å². The number of aliphatic carboxylic acids is 2. The Bertz CT molecular complexity index is 1070. The van der Waals surface area contributed by atoms with Gasteiger partial charge in [-0.25, -0.2) is 4.98 Å². The smallest absolute Gasteiger partial charge is 0.323 e. The van der Waals surface area contributed by atoms with Crippen LogP contribution in [0.1, 0.15) is 12.8 Å². The van der Waals surface area contributed by atoms with Gasteiger partial charge in [0.2, 0.25) is 17.8 Å². The fourth-order valence-corrected chi connectivity index (χ4v) is 3.29. The highest BCUT2D eigenvalue weighted by Crippen LogP contribution is 2.15. The van der Waals surface area contributed by atoms with E-state index in [1.807, 2.05) is 0 Å². The molecule has 168 valence electrons. The third kappa shape index (κ3) is 6.00. The highest BCUT2D eigenvalue weighted by Gasteiger charge is 2.29. The summed E-state index contributed by atoms with van der Waals surface area (Å²) in [5.74, 6) is -4.97. The average molecular weight is 456 g/mol. The summed E-state index contributed by atoms with van der Waals surface area (Å²) >= 11 is 0.908. The van der Waals surface area contributed by atoms with Crippen molar-refractivity contribution in [3.05, 3.63) is 16.7 Å². The lowest BCUT2D eigenvalue weighted by molar-refractivity contribution is -0.153. The van der Waals surface area contributed by atoms with Crippen LogP contribution in [0.25, 0.3) is 11.2 Å². The van der Waals surface area contributed by atoms with E-state index in [2.05, 4.69) is 15.0 Å². The molecular weight excluding hydrogens is 436 g/mol. The van der Waals surface area contributed by atoms with Crippen LogP contribution in [-0.4, -0.2) is 82.2 Å². The molecule has 2 heterocycles. The molecule has 15 nitrogen and oxygen atoms in total. The Morgan fingerprint density at radius 1 is 1.23 bits per heavy atom. The standard InChI is InChI=1S/C15H20N8O7S/c16-6(14(29)30)1-2-8(24)22(3-9(25)26)13(28)7(17)4-31-23-5-19-11-10(23)12(27)21-15(18)20-11/h5-7H,1-4,16-17H2,(H,25,26)(H,29,30)(H3,18,20,21,27)/t6-,7-/m0/s1. The molecule has 0 bridgehead atoms. The molecule has 0 saturated heterocycles. The molecule has 0 aliphatic rings. The lowest BCUT2D eigenvalue weighted by Crippen LogP contribution is -2.50. The monoisotopic (exact) mass is 456 g/mol. The molecule has 2 aromatic rings. The van der Waals surface area contributed by atoms with E-state index in [9.17, 15) is 24.0 Å². The third-order valence-electron chi connectivity index (χ3n) is 3.96. The van der Waals surface area contributed by atoms with E-state index < -0.39 is 54.4 Å². The number of aromatic nitrogens is 4. The molecule has 2 amide bonds. The Morgan fingerprint density at radius 2 is 1.90 bits per heavy atom. The van der Waals surface area contributed by atoms with Crippen molar-refractivity contribution in [2.45, 2.75) is 24.9 Å². The molecular formula is C15H20N8O7S. The number of imidazole rings is 1. The summed E-state index contributed by atoms with van der Waals surface area (Å²) in [6.07, 6.45) is 0.518. The van der Waals surface area contributed by atoms with Crippen molar-refractivity contribution in [1.29, 1.82) is 0 Å². The molecule has 0 spiro atoms. The Morgan fingerprint density at radius 3 is 2.52 bits per heavy atom. The molecule has 0 unspecified atom stereocenters. The summed E-state index contributed by atoms with van der Waals surface area (Å²) in [5.41, 5.74) is 16.2. The zero-order valence-electron chi connectivity index (χ0n) is 15.9. The van der Waals surface area contributed by atoms with Crippen molar-refractivity contribution in [3.63, 3.8) is 0 Å². The number of nitrogens with two attached hydrogens (primary N) is 3. The minimum absolute atomic E-state index is 0.0694. The first-order valence-corrected chi connectivity index (χ1v) is 9.61. The minimum atomic E-state index is -1.46. The van der Waals surface area contributed by atoms with Gasteiger partial charge in [-0.15, -0.1) is 0 Å². The molecule has 0 fully saturated rings. The predicted molar refractivity (Wildman–Crippen MR) is 108 cm³/mol. The van der Waals surface area contributed by atoms with Crippen LogP contribution in [0.5, 0.6) is 0 Å². The second-order valence-corrected chi connectivity index (χ2v) is 7.28. The highest BCUT2D eigenvalue weighted by atomic mass is 32.2. The van der Waals surface area contributed by atoms with Gasteiger partial charge in [0.1, 0.15) is 18.9 Å². The number of carboxylic acid groups (broad SMARTS) is 2. The lowest BCUT2D eigenvalue weighted by Gasteiger charge is -2.22. The highest BCUT2D eigenvalue weighted by molar-refractivity contribution is 7.98. The number of hydrogen-bond donors (Lipinski definition) is 6. The number of fused-ring (bicyclic) bond motifs is 1. The molecule has 0 aliphatic heterocycles. The van der Waals surface area contributed by atoms with Gasteiger partial charge in [-0.2, -0.15) is 4.98 Å². The Labute approximate surface area is 177 Å². The van der Waals surface area contributed by atoms with E-state index in [1.165, 1.54) is 10.3 Å². The van der Waals surface area contributed by atoms with Gasteiger partial charge in [0, 0.05) is 12.2 Å². The van der Waals surface area contributed by atoms with Gasteiger partial charge in [0.15, 0.2) is 11.2 Å². The zero-order valence-corrected chi connectivity index (χ0v) is 16.7. The van der Waals surface area contributed by atoms with Gasteiger partial charge < -0.3 is 27.4 Å². The molecule has 9 N–H and O–H groups in total. The van der Waals surface area contributed by atoms with Crippen LogP contribution in [0.2, 0.25) is 0 Å². The maximum atomic E-state index is 12.6. The normalized spacial score (nSPS) is 13.0. The molecule has 0 saturated carbocycles. The summed E-state index contributed by atoms with van der Waals surface area (Å²) in [6, 6.07) is -2.66. The van der Waals surface area contributed by atoms with Gasteiger partial charge in [-0.3, -0.25) is 37.8 Å². The maximum absolute atomic E-state index is 12.6. The third-order valence-corrected chi connectivity index (χ3v) is 5.02. The van der Waals surface area contributed by atoms with Crippen LogP contribution >= 0.6 is 11.9 Å². The number of carbonyl (C=O) groups excluding carboxylic acids is 2. The van der Waals surface area contributed by atoms with Crippen LogP contribution in [0.15, 0.2) is 11.1 Å². The first-order chi connectivity index (χ1) is 14.5. The van der Waals surface area contributed by atoms with Crippen molar-refractivity contribution in [2.75, 3.05) is 18.0 Å². The van der Waals surface area contributed by atoms with Crippen molar-refractivity contribution < 1.29 is 29.4 Å². The number of anilines is 1. The molecule has 16 heteroatoms. The molecule has 0 aromatic carbocycles. The van der Waals surface area contributed by atoms with Crippen LogP contribution < -0.4 is 22.8 Å². The minimum Gasteiger partial charge on any atom is -0.480 e. The van der Waals surface area contributed by atoms with Gasteiger partial charge in [-0.1, -0.05) is 0 Å².